The molecule has 2 aromatic rings. The molecule has 26 heavy (non-hydrogen) atoms. The highest BCUT2D eigenvalue weighted by Gasteiger charge is 2.33. The molecule has 2 amide bonds. The lowest BCUT2D eigenvalue weighted by Crippen LogP contribution is -2.30. The molecule has 1 heterocycles. The molecule has 2 aromatic carbocycles. The topological polar surface area (TPSA) is 49.4 Å². The average Bonchev–Trinajstić information content (AvgIpc) is 3.41. The van der Waals surface area contributed by atoms with Gasteiger partial charge in [-0.2, -0.15) is 0 Å². The number of rotatable bonds is 5. The fourth-order valence-corrected chi connectivity index (χ4v) is 3.64. The van der Waals surface area contributed by atoms with Crippen LogP contribution in [0.25, 0.3) is 0 Å². The first-order chi connectivity index (χ1) is 12.6. The third-order valence-electron chi connectivity index (χ3n) is 5.31. The van der Waals surface area contributed by atoms with Crippen molar-refractivity contribution in [2.24, 2.45) is 5.92 Å². The van der Waals surface area contributed by atoms with Crippen molar-refractivity contribution in [2.75, 3.05) is 11.4 Å². The van der Waals surface area contributed by atoms with Gasteiger partial charge in [-0.15, -0.1) is 0 Å². The molecular formula is C22H24N2O2. The Kier molecular flexibility index (Phi) is 4.49. The van der Waals surface area contributed by atoms with Gasteiger partial charge in [0.05, 0.1) is 6.04 Å². The van der Waals surface area contributed by atoms with E-state index in [1.807, 2.05) is 24.3 Å². The maximum Gasteiger partial charge on any atom is 0.251 e. The van der Waals surface area contributed by atoms with E-state index in [0.29, 0.717) is 17.9 Å². The number of carbonyl (C=O) groups excluding carboxylic acids is 2. The van der Waals surface area contributed by atoms with E-state index in [-0.39, 0.29) is 17.9 Å². The molecular weight excluding hydrogens is 324 g/mol. The Bertz CT molecular complexity index is 824. The second kappa shape index (κ2) is 6.94. The van der Waals surface area contributed by atoms with Crippen LogP contribution in [-0.4, -0.2) is 18.4 Å². The first-order valence-corrected chi connectivity index (χ1v) is 9.40. The van der Waals surface area contributed by atoms with E-state index in [4.69, 9.17) is 0 Å². The lowest BCUT2D eigenvalue weighted by Gasteiger charge is -2.20. The van der Waals surface area contributed by atoms with Crippen LogP contribution in [0.2, 0.25) is 0 Å². The largest absolute Gasteiger partial charge is 0.345 e. The summed E-state index contributed by atoms with van der Waals surface area (Å²) in [7, 11) is 0. The predicted octanol–water partition coefficient (Wildman–Crippen LogP) is 4.00. The van der Waals surface area contributed by atoms with E-state index in [1.54, 1.807) is 4.90 Å². The lowest BCUT2D eigenvalue weighted by molar-refractivity contribution is -0.117. The van der Waals surface area contributed by atoms with Crippen molar-refractivity contribution in [1.82, 2.24) is 5.32 Å². The molecule has 1 atom stereocenters. The van der Waals surface area contributed by atoms with Gasteiger partial charge in [-0.05, 0) is 55.9 Å². The third-order valence-corrected chi connectivity index (χ3v) is 5.31. The number of hydrogen-bond acceptors (Lipinski definition) is 2. The minimum Gasteiger partial charge on any atom is -0.345 e. The highest BCUT2D eigenvalue weighted by atomic mass is 16.2. The summed E-state index contributed by atoms with van der Waals surface area (Å²) in [6, 6.07) is 15.9. The average molecular weight is 348 g/mol. The number of aryl methyl sites for hydroxylation is 1. The molecule has 1 N–H and O–H groups in total. The van der Waals surface area contributed by atoms with Crippen LogP contribution in [0.5, 0.6) is 0 Å². The lowest BCUT2D eigenvalue weighted by atomic mass is 10.0. The number of benzene rings is 2. The molecule has 134 valence electrons. The maximum atomic E-state index is 12.9. The minimum atomic E-state index is -0.0732. The van der Waals surface area contributed by atoms with Crippen molar-refractivity contribution < 1.29 is 9.59 Å². The second-order valence-corrected chi connectivity index (χ2v) is 7.40. The number of nitrogens with one attached hydrogen (secondary N) is 1. The highest BCUT2D eigenvalue weighted by Crippen LogP contribution is 2.41. The minimum absolute atomic E-state index is 0.0557. The van der Waals surface area contributed by atoms with Gasteiger partial charge >= 0.3 is 0 Å². The van der Waals surface area contributed by atoms with E-state index >= 15 is 0 Å². The fraction of sp³-hybridized carbons (Fsp3) is 0.364. The molecule has 1 aliphatic heterocycles. The van der Waals surface area contributed by atoms with Crippen LogP contribution in [0.4, 0.5) is 5.69 Å². The normalized spacial score (nSPS) is 18.0. The van der Waals surface area contributed by atoms with Crippen molar-refractivity contribution in [1.29, 1.82) is 0 Å². The maximum absolute atomic E-state index is 12.9. The number of carbonyl (C=O) groups is 2. The predicted molar refractivity (Wildman–Crippen MR) is 102 cm³/mol. The Morgan fingerprint density at radius 1 is 1.15 bits per heavy atom. The van der Waals surface area contributed by atoms with Gasteiger partial charge in [0.1, 0.15) is 0 Å². The van der Waals surface area contributed by atoms with Gasteiger partial charge in [0.2, 0.25) is 5.91 Å². The molecule has 4 nitrogen and oxygen atoms in total. The molecule has 0 spiro atoms. The van der Waals surface area contributed by atoms with Crippen molar-refractivity contribution >= 4 is 17.5 Å². The van der Waals surface area contributed by atoms with Crippen LogP contribution in [0.1, 0.15) is 53.2 Å². The molecule has 1 unspecified atom stereocenters. The van der Waals surface area contributed by atoms with Gasteiger partial charge < -0.3 is 10.2 Å². The van der Waals surface area contributed by atoms with Crippen LogP contribution in [0.3, 0.4) is 0 Å². The van der Waals surface area contributed by atoms with Crippen LogP contribution >= 0.6 is 0 Å². The summed E-state index contributed by atoms with van der Waals surface area (Å²) >= 11 is 0. The van der Waals surface area contributed by atoms with Gasteiger partial charge in [0.25, 0.3) is 5.91 Å². The summed E-state index contributed by atoms with van der Waals surface area (Å²) in [6.07, 6.45) is 3.78. The summed E-state index contributed by atoms with van der Waals surface area (Å²) in [5.74, 6) is 0.582. The van der Waals surface area contributed by atoms with Gasteiger partial charge in [-0.1, -0.05) is 35.9 Å². The smallest absolute Gasteiger partial charge is 0.251 e. The second-order valence-electron chi connectivity index (χ2n) is 7.40. The summed E-state index contributed by atoms with van der Waals surface area (Å²) < 4.78 is 0. The van der Waals surface area contributed by atoms with Gasteiger partial charge in [0, 0.05) is 24.2 Å². The number of amides is 2. The molecule has 2 aliphatic rings. The monoisotopic (exact) mass is 348 g/mol. The van der Waals surface area contributed by atoms with E-state index < -0.39 is 0 Å². The quantitative estimate of drug-likeness (QED) is 0.888. The zero-order valence-electron chi connectivity index (χ0n) is 15.1. The zero-order valence-corrected chi connectivity index (χ0v) is 15.1. The van der Waals surface area contributed by atoms with Gasteiger partial charge in [-0.3, -0.25) is 9.59 Å². The zero-order chi connectivity index (χ0) is 18.1. The molecule has 0 radical (unpaired) electrons. The third kappa shape index (κ3) is 3.50. The van der Waals surface area contributed by atoms with E-state index in [9.17, 15) is 9.59 Å². The van der Waals surface area contributed by atoms with Crippen molar-refractivity contribution in [2.45, 2.75) is 38.6 Å². The first-order valence-electron chi connectivity index (χ1n) is 9.40. The SMILES string of the molecule is Cc1ccc(C(NC(=O)c2cccc(N3CCCC3=O)c2)C2CC2)cc1. The van der Waals surface area contributed by atoms with Crippen molar-refractivity contribution in [3.05, 3.63) is 65.2 Å². The molecule has 1 saturated carbocycles. The Hall–Kier alpha value is -2.62. The van der Waals surface area contributed by atoms with Gasteiger partial charge in [-0.25, -0.2) is 0 Å². The van der Waals surface area contributed by atoms with Crippen molar-refractivity contribution in [3.63, 3.8) is 0 Å². The van der Waals surface area contributed by atoms with E-state index in [2.05, 4.69) is 36.5 Å². The summed E-state index contributed by atoms with van der Waals surface area (Å²) in [5, 5.41) is 3.22. The van der Waals surface area contributed by atoms with Crippen molar-refractivity contribution in [3.8, 4) is 0 Å². The molecule has 4 rings (SSSR count). The Morgan fingerprint density at radius 3 is 2.58 bits per heavy atom. The fourth-order valence-electron chi connectivity index (χ4n) is 3.64. The Labute approximate surface area is 154 Å². The first kappa shape index (κ1) is 16.8. The van der Waals surface area contributed by atoms with Crippen LogP contribution in [0.15, 0.2) is 48.5 Å². The standard InChI is InChI=1S/C22H24N2O2/c1-15-7-9-16(10-8-15)21(17-11-12-17)23-22(26)18-4-2-5-19(14-18)24-13-3-6-20(24)25/h2,4-5,7-10,14,17,21H,3,6,11-13H2,1H3,(H,23,26). The summed E-state index contributed by atoms with van der Waals surface area (Å²) in [5.41, 5.74) is 3.81. The number of anilines is 1. The molecule has 2 fully saturated rings. The Balaban J connectivity index is 1.53. The molecule has 1 aliphatic carbocycles. The highest BCUT2D eigenvalue weighted by molar-refractivity contribution is 5.99. The van der Waals surface area contributed by atoms with Gasteiger partial charge in [0.15, 0.2) is 0 Å². The molecule has 4 heteroatoms. The molecule has 1 saturated heterocycles. The van der Waals surface area contributed by atoms with E-state index in [0.717, 1.165) is 37.1 Å². The summed E-state index contributed by atoms with van der Waals surface area (Å²) in [6.45, 7) is 2.80. The Morgan fingerprint density at radius 2 is 1.92 bits per heavy atom. The van der Waals surface area contributed by atoms with E-state index in [1.165, 1.54) is 5.56 Å². The van der Waals surface area contributed by atoms with Crippen LogP contribution < -0.4 is 10.2 Å². The van der Waals surface area contributed by atoms with Crippen LogP contribution in [-0.2, 0) is 4.79 Å². The number of nitrogens with zero attached hydrogens (tertiary/aromatic N) is 1. The summed E-state index contributed by atoms with van der Waals surface area (Å²) in [4.78, 5) is 26.6. The molecule has 0 aromatic heterocycles. The number of hydrogen-bond donors (Lipinski definition) is 1. The molecule has 0 bridgehead atoms. The van der Waals surface area contributed by atoms with Crippen LogP contribution in [0, 0.1) is 12.8 Å².